The van der Waals surface area contributed by atoms with E-state index in [4.69, 9.17) is 9.47 Å². The third kappa shape index (κ3) is 4.47. The maximum atomic E-state index is 13.1. The lowest BCUT2D eigenvalue weighted by atomic mass is 10.2. The quantitative estimate of drug-likeness (QED) is 0.419. The Morgan fingerprint density at radius 1 is 1.13 bits per heavy atom. The summed E-state index contributed by atoms with van der Waals surface area (Å²) in [5.74, 6) is 0.843. The van der Waals surface area contributed by atoms with Gasteiger partial charge in [-0.3, -0.25) is 14.2 Å². The Hall–Kier alpha value is -3.17. The summed E-state index contributed by atoms with van der Waals surface area (Å²) in [6, 6.07) is 9.12. The molecule has 3 aromatic heterocycles. The zero-order valence-electron chi connectivity index (χ0n) is 17.1. The van der Waals surface area contributed by atoms with Crippen molar-refractivity contribution in [2.75, 3.05) is 18.5 Å². The largest absolute Gasteiger partial charge is 0.490 e. The predicted octanol–water partition coefficient (Wildman–Crippen LogP) is 4.62. The minimum atomic E-state index is -0.331. The third-order valence-corrected chi connectivity index (χ3v) is 6.28. The molecule has 0 saturated heterocycles. The first-order chi connectivity index (χ1) is 15.1. The van der Waals surface area contributed by atoms with Crippen molar-refractivity contribution in [2.24, 2.45) is 0 Å². The molecule has 0 saturated carbocycles. The number of hydrogen-bond acceptors (Lipinski definition) is 7. The van der Waals surface area contributed by atoms with Crippen molar-refractivity contribution < 1.29 is 14.3 Å². The Bertz CT molecular complexity index is 1260. The first kappa shape index (κ1) is 21.1. The Morgan fingerprint density at radius 3 is 2.68 bits per heavy atom. The lowest BCUT2D eigenvalue weighted by Crippen LogP contribution is -2.27. The van der Waals surface area contributed by atoms with Gasteiger partial charge in [0.25, 0.3) is 5.56 Å². The van der Waals surface area contributed by atoms with Crippen molar-refractivity contribution in [1.29, 1.82) is 0 Å². The van der Waals surface area contributed by atoms with E-state index in [1.54, 1.807) is 29.5 Å². The molecule has 4 aromatic rings. The summed E-state index contributed by atoms with van der Waals surface area (Å²) in [4.78, 5) is 31.7. The van der Waals surface area contributed by atoms with Gasteiger partial charge in [-0.15, -0.1) is 22.7 Å². The summed E-state index contributed by atoms with van der Waals surface area (Å²) in [5, 5.41) is 7.26. The number of hydrogen-bond donors (Lipinski definition) is 1. The van der Waals surface area contributed by atoms with Crippen LogP contribution in [-0.2, 0) is 11.3 Å². The number of carbonyl (C=O) groups excluding carboxylic acids is 1. The Labute approximate surface area is 186 Å². The molecule has 0 fully saturated rings. The van der Waals surface area contributed by atoms with Crippen LogP contribution in [0.1, 0.15) is 13.8 Å². The maximum absolute atomic E-state index is 13.1. The average Bonchev–Trinajstić information content (AvgIpc) is 3.42. The predicted molar refractivity (Wildman–Crippen MR) is 125 cm³/mol. The fourth-order valence-electron chi connectivity index (χ4n) is 3.18. The van der Waals surface area contributed by atoms with Crippen molar-refractivity contribution in [1.82, 2.24) is 9.55 Å². The van der Waals surface area contributed by atoms with Gasteiger partial charge in [-0.1, -0.05) is 6.07 Å². The zero-order chi connectivity index (χ0) is 21.8. The van der Waals surface area contributed by atoms with E-state index in [1.165, 1.54) is 22.2 Å². The molecule has 1 N–H and O–H groups in total. The highest BCUT2D eigenvalue weighted by molar-refractivity contribution is 7.18. The van der Waals surface area contributed by atoms with Crippen molar-refractivity contribution >= 4 is 44.5 Å². The molecule has 3 heterocycles. The molecule has 0 aliphatic heterocycles. The fourth-order valence-corrected chi connectivity index (χ4v) is 4.90. The van der Waals surface area contributed by atoms with E-state index in [9.17, 15) is 9.59 Å². The smallest absolute Gasteiger partial charge is 0.263 e. The molecule has 0 bridgehead atoms. The fraction of sp³-hybridized carbons (Fsp3) is 0.227. The number of nitrogens with one attached hydrogen (secondary N) is 1. The van der Waals surface area contributed by atoms with Crippen LogP contribution in [0.2, 0.25) is 0 Å². The van der Waals surface area contributed by atoms with E-state index >= 15 is 0 Å². The molecule has 0 atom stereocenters. The first-order valence-electron chi connectivity index (χ1n) is 9.80. The highest BCUT2D eigenvalue weighted by Crippen LogP contribution is 2.33. The number of nitrogens with zero attached hydrogens (tertiary/aromatic N) is 2. The minimum Gasteiger partial charge on any atom is -0.490 e. The van der Waals surface area contributed by atoms with Gasteiger partial charge in [0.15, 0.2) is 11.5 Å². The standard InChI is InChI=1S/C22H21N3O4S2/c1-3-28-16-8-7-14(10-17(16)29-4-2)24-19(26)11-25-13-23-21-20(22(25)27)15(12-31-21)18-6-5-9-30-18/h5-10,12-13H,3-4,11H2,1-2H3,(H,24,26). The van der Waals surface area contributed by atoms with Gasteiger partial charge in [0.2, 0.25) is 5.91 Å². The lowest BCUT2D eigenvalue weighted by molar-refractivity contribution is -0.116. The number of thiophene rings is 2. The van der Waals surface area contributed by atoms with Crippen LogP contribution in [0.4, 0.5) is 5.69 Å². The summed E-state index contributed by atoms with van der Waals surface area (Å²) in [7, 11) is 0. The van der Waals surface area contributed by atoms with Gasteiger partial charge in [-0.05, 0) is 37.4 Å². The Kier molecular flexibility index (Phi) is 6.34. The maximum Gasteiger partial charge on any atom is 0.263 e. The van der Waals surface area contributed by atoms with Gasteiger partial charge in [0.05, 0.1) is 24.9 Å². The summed E-state index contributed by atoms with van der Waals surface area (Å²) < 4.78 is 12.5. The number of rotatable bonds is 8. The molecule has 0 radical (unpaired) electrons. The molecule has 0 unspecified atom stereocenters. The summed E-state index contributed by atoms with van der Waals surface area (Å²) >= 11 is 2.99. The molecule has 0 aliphatic carbocycles. The van der Waals surface area contributed by atoms with E-state index < -0.39 is 0 Å². The molecule has 9 heteroatoms. The van der Waals surface area contributed by atoms with Crippen LogP contribution in [-0.4, -0.2) is 28.7 Å². The molecular weight excluding hydrogens is 434 g/mol. The number of fused-ring (bicyclic) bond motifs is 1. The third-order valence-electron chi connectivity index (χ3n) is 4.49. The molecule has 1 amide bonds. The van der Waals surface area contributed by atoms with Gasteiger partial charge < -0.3 is 14.8 Å². The van der Waals surface area contributed by atoms with Gasteiger partial charge in [0.1, 0.15) is 11.4 Å². The first-order valence-corrected chi connectivity index (χ1v) is 11.6. The lowest BCUT2D eigenvalue weighted by Gasteiger charge is -2.13. The zero-order valence-corrected chi connectivity index (χ0v) is 18.7. The summed E-state index contributed by atoms with van der Waals surface area (Å²) in [5.41, 5.74) is 1.19. The second-order valence-corrected chi connectivity index (χ2v) is 8.37. The molecule has 31 heavy (non-hydrogen) atoms. The number of carbonyl (C=O) groups is 1. The van der Waals surface area contributed by atoms with E-state index in [0.717, 1.165) is 10.4 Å². The second kappa shape index (κ2) is 9.32. The Morgan fingerprint density at radius 2 is 1.94 bits per heavy atom. The monoisotopic (exact) mass is 455 g/mol. The van der Waals surface area contributed by atoms with Crippen molar-refractivity contribution in [3.63, 3.8) is 0 Å². The van der Waals surface area contributed by atoms with Crippen molar-refractivity contribution in [2.45, 2.75) is 20.4 Å². The number of amides is 1. The highest BCUT2D eigenvalue weighted by atomic mass is 32.1. The molecular formula is C22H21N3O4S2. The van der Waals surface area contributed by atoms with Crippen LogP contribution in [0.5, 0.6) is 11.5 Å². The van der Waals surface area contributed by atoms with Gasteiger partial charge in [0, 0.05) is 27.6 Å². The topological polar surface area (TPSA) is 82.5 Å². The number of ether oxygens (including phenoxy) is 2. The highest BCUT2D eigenvalue weighted by Gasteiger charge is 2.16. The van der Waals surface area contributed by atoms with Gasteiger partial charge >= 0.3 is 0 Å². The molecule has 160 valence electrons. The summed E-state index contributed by atoms with van der Waals surface area (Å²) in [6.45, 7) is 4.63. The van der Waals surface area contributed by atoms with Crippen molar-refractivity contribution in [3.8, 4) is 21.9 Å². The van der Waals surface area contributed by atoms with E-state index in [1.807, 2.05) is 36.7 Å². The number of anilines is 1. The van der Waals surface area contributed by atoms with Crippen LogP contribution in [0.3, 0.4) is 0 Å². The molecule has 0 aliphatic rings. The van der Waals surface area contributed by atoms with E-state index in [-0.39, 0.29) is 18.0 Å². The SMILES string of the molecule is CCOc1ccc(NC(=O)Cn2cnc3scc(-c4cccs4)c3c2=O)cc1OCC. The van der Waals surface area contributed by atoms with Gasteiger partial charge in [-0.25, -0.2) is 4.98 Å². The number of benzene rings is 1. The van der Waals surface area contributed by atoms with E-state index in [0.29, 0.717) is 40.6 Å². The molecule has 4 rings (SSSR count). The van der Waals surface area contributed by atoms with Crippen LogP contribution in [0, 0.1) is 0 Å². The normalized spacial score (nSPS) is 10.9. The van der Waals surface area contributed by atoms with Crippen LogP contribution >= 0.6 is 22.7 Å². The minimum absolute atomic E-state index is 0.140. The number of aromatic nitrogens is 2. The molecule has 0 spiro atoms. The second-order valence-electron chi connectivity index (χ2n) is 6.56. The Balaban J connectivity index is 1.56. The average molecular weight is 456 g/mol. The van der Waals surface area contributed by atoms with Crippen LogP contribution < -0.4 is 20.3 Å². The van der Waals surface area contributed by atoms with Crippen LogP contribution in [0.15, 0.2) is 52.2 Å². The van der Waals surface area contributed by atoms with Gasteiger partial charge in [-0.2, -0.15) is 0 Å². The van der Waals surface area contributed by atoms with Crippen molar-refractivity contribution in [3.05, 3.63) is 57.8 Å². The van der Waals surface area contributed by atoms with E-state index in [2.05, 4.69) is 10.3 Å². The van der Waals surface area contributed by atoms with Crippen LogP contribution in [0.25, 0.3) is 20.7 Å². The summed E-state index contributed by atoms with van der Waals surface area (Å²) in [6.07, 6.45) is 1.42. The molecule has 1 aromatic carbocycles. The molecule has 7 nitrogen and oxygen atoms in total.